The summed E-state index contributed by atoms with van der Waals surface area (Å²) in [5, 5.41) is 28.6. The van der Waals surface area contributed by atoms with Gasteiger partial charge in [-0.15, -0.1) is 0 Å². The van der Waals surface area contributed by atoms with Gasteiger partial charge >= 0.3 is 0 Å². The molecule has 3 N–H and O–H groups in total. The maximum atomic E-state index is 9.75. The first-order valence-electron chi connectivity index (χ1n) is 5.33. The molecule has 6 nitrogen and oxygen atoms in total. The van der Waals surface area contributed by atoms with Gasteiger partial charge in [0.2, 0.25) is 0 Å². The minimum Gasteiger partial charge on any atom is -0.459 e. The molecule has 0 spiro atoms. The summed E-state index contributed by atoms with van der Waals surface area (Å²) >= 11 is 0. The molecule has 5 atom stereocenters. The molecule has 0 amide bonds. The van der Waals surface area contributed by atoms with Gasteiger partial charge in [0.05, 0.1) is 20.0 Å². The summed E-state index contributed by atoms with van der Waals surface area (Å²) in [5.74, 6) is -0.853. The fraction of sp³-hybridized carbons (Fsp3) is 0.889. The Labute approximate surface area is 89.2 Å². The second kappa shape index (κ2) is 3.62. The van der Waals surface area contributed by atoms with Crippen molar-refractivity contribution in [2.75, 3.05) is 20.7 Å². The van der Waals surface area contributed by atoms with E-state index in [0.717, 1.165) is 0 Å². The van der Waals surface area contributed by atoms with E-state index in [-0.39, 0.29) is 6.02 Å². The number of hydrogen-bond acceptors (Lipinski definition) is 6. The Bertz CT molecular complexity index is 325. The third kappa shape index (κ3) is 1.49. The largest absolute Gasteiger partial charge is 0.459 e. The van der Waals surface area contributed by atoms with E-state index in [0.29, 0.717) is 0 Å². The van der Waals surface area contributed by atoms with E-state index in [9.17, 15) is 10.2 Å². The van der Waals surface area contributed by atoms with Crippen LogP contribution in [0, 0.1) is 5.92 Å². The third-order valence-electron chi connectivity index (χ3n) is 2.78. The van der Waals surface area contributed by atoms with Crippen LogP contribution in [-0.4, -0.2) is 71.3 Å². The average Bonchev–Trinajstić information content (AvgIpc) is 2.63. The van der Waals surface area contributed by atoms with Gasteiger partial charge in [0.15, 0.2) is 0 Å². The molecule has 2 rings (SSSR count). The van der Waals surface area contributed by atoms with Crippen LogP contribution in [0.15, 0.2) is 4.99 Å². The first-order chi connectivity index (χ1) is 7.41. The van der Waals surface area contributed by atoms with E-state index in [4.69, 9.17) is 11.2 Å². The predicted molar refractivity (Wildman–Crippen MR) is 52.4 cm³/mol. The van der Waals surface area contributed by atoms with Crippen molar-refractivity contribution in [1.82, 2.24) is 4.90 Å². The molecular formula is C9H16N2O4. The van der Waals surface area contributed by atoms with Crippen molar-refractivity contribution >= 4 is 6.02 Å². The summed E-state index contributed by atoms with van der Waals surface area (Å²) < 4.78 is 13.4. The standard InChI is InChI=1S/C9H16N2O4/c1-11(2)9-10-5-7(14)6(13)4(3-12)8(5)15-9/h4-8,12-14H,3H2,1-2H3/t4-,5-,6-,7-,8+/m1/s1/i8D. The van der Waals surface area contributed by atoms with Crippen LogP contribution in [0.25, 0.3) is 0 Å². The molecule has 2 aliphatic rings. The third-order valence-corrected chi connectivity index (χ3v) is 2.78. The highest BCUT2D eigenvalue weighted by Gasteiger charge is 2.54. The van der Waals surface area contributed by atoms with Crippen molar-refractivity contribution in [3.8, 4) is 0 Å². The number of fused-ring (bicyclic) bond motifs is 1. The molecule has 1 heterocycles. The van der Waals surface area contributed by atoms with Crippen molar-refractivity contribution in [3.05, 3.63) is 0 Å². The molecule has 0 aromatic carbocycles. The molecule has 15 heavy (non-hydrogen) atoms. The van der Waals surface area contributed by atoms with E-state index < -0.39 is 36.9 Å². The van der Waals surface area contributed by atoms with Crippen molar-refractivity contribution in [1.29, 1.82) is 0 Å². The predicted octanol–water partition coefficient (Wildman–Crippen LogP) is -1.98. The monoisotopic (exact) mass is 217 g/mol. The molecule has 1 fully saturated rings. The van der Waals surface area contributed by atoms with Crippen LogP contribution in [-0.2, 0) is 4.74 Å². The normalized spacial score (nSPS) is 49.4. The minimum absolute atomic E-state index is 0.240. The minimum atomic E-state index is -1.58. The second-order valence-corrected chi connectivity index (χ2v) is 4.03. The van der Waals surface area contributed by atoms with Crippen LogP contribution < -0.4 is 0 Å². The van der Waals surface area contributed by atoms with Gasteiger partial charge in [-0.05, 0) is 0 Å². The molecule has 0 unspecified atom stereocenters. The highest BCUT2D eigenvalue weighted by molar-refractivity contribution is 5.75. The molecule has 6 heteroatoms. The van der Waals surface area contributed by atoms with Crippen LogP contribution in [0.1, 0.15) is 1.37 Å². The van der Waals surface area contributed by atoms with Gasteiger partial charge in [-0.2, -0.15) is 0 Å². The van der Waals surface area contributed by atoms with Crippen LogP contribution in [0.2, 0.25) is 0 Å². The van der Waals surface area contributed by atoms with E-state index >= 15 is 0 Å². The smallest absolute Gasteiger partial charge is 0.287 e. The zero-order valence-electron chi connectivity index (χ0n) is 9.66. The van der Waals surface area contributed by atoms with Crippen molar-refractivity contribution in [2.45, 2.75) is 24.3 Å². The fourth-order valence-electron chi connectivity index (χ4n) is 1.91. The quantitative estimate of drug-likeness (QED) is 0.474. The van der Waals surface area contributed by atoms with Crippen LogP contribution >= 0.6 is 0 Å². The summed E-state index contributed by atoms with van der Waals surface area (Å²) in [5.41, 5.74) is 0. The lowest BCUT2D eigenvalue weighted by atomic mass is 10.1. The number of aliphatic imine (C=N–C) groups is 1. The zero-order chi connectivity index (χ0) is 12.1. The maximum Gasteiger partial charge on any atom is 0.287 e. The van der Waals surface area contributed by atoms with E-state index in [1.54, 1.807) is 19.0 Å². The lowest BCUT2D eigenvalue weighted by Crippen LogP contribution is -2.34. The number of aliphatic hydroxyl groups is 3. The molecule has 1 aliphatic carbocycles. The molecule has 0 aromatic rings. The lowest BCUT2D eigenvalue weighted by molar-refractivity contribution is -0.00812. The molecular weight excluding hydrogens is 200 g/mol. The maximum absolute atomic E-state index is 9.75. The van der Waals surface area contributed by atoms with Crippen LogP contribution in [0.3, 0.4) is 0 Å². The van der Waals surface area contributed by atoms with E-state index in [2.05, 4.69) is 4.99 Å². The Kier molecular flexibility index (Phi) is 2.27. The van der Waals surface area contributed by atoms with E-state index in [1.165, 1.54) is 0 Å². The van der Waals surface area contributed by atoms with Crippen LogP contribution in [0.4, 0.5) is 0 Å². The van der Waals surface area contributed by atoms with Gasteiger partial charge in [-0.3, -0.25) is 0 Å². The number of amidine groups is 1. The van der Waals surface area contributed by atoms with Gasteiger partial charge in [-0.25, -0.2) is 4.99 Å². The SMILES string of the molecule is [2H][C@@]12OC(N(C)C)=N[C@@H]1[C@@H](O)[C@H](O)[C@H]2CO. The first kappa shape index (κ1) is 9.38. The molecule has 1 aliphatic heterocycles. The van der Waals surface area contributed by atoms with Crippen molar-refractivity contribution in [3.63, 3.8) is 0 Å². The molecule has 0 aromatic heterocycles. The number of hydrogen-bond donors (Lipinski definition) is 3. The summed E-state index contributed by atoms with van der Waals surface area (Å²) in [4.78, 5) is 5.65. The Hall–Kier alpha value is -0.850. The van der Waals surface area contributed by atoms with Crippen molar-refractivity contribution in [2.24, 2.45) is 10.9 Å². The average molecular weight is 217 g/mol. The summed E-state index contributed by atoms with van der Waals surface area (Å²) in [7, 11) is 3.42. The number of rotatable bonds is 1. The highest BCUT2D eigenvalue weighted by Crippen LogP contribution is 2.35. The van der Waals surface area contributed by atoms with Crippen LogP contribution in [0.5, 0.6) is 0 Å². The number of aliphatic hydroxyl groups excluding tert-OH is 3. The van der Waals surface area contributed by atoms with E-state index in [1.807, 2.05) is 0 Å². The molecule has 0 saturated heterocycles. The second-order valence-electron chi connectivity index (χ2n) is 4.03. The zero-order valence-corrected chi connectivity index (χ0v) is 8.66. The molecule has 0 radical (unpaired) electrons. The Morgan fingerprint density at radius 2 is 2.13 bits per heavy atom. The number of ether oxygens (including phenoxy) is 1. The van der Waals surface area contributed by atoms with Gasteiger partial charge in [0.25, 0.3) is 6.02 Å². The fourth-order valence-corrected chi connectivity index (χ4v) is 1.91. The van der Waals surface area contributed by atoms with Crippen molar-refractivity contribution < 1.29 is 21.4 Å². The Balaban J connectivity index is 2.31. The topological polar surface area (TPSA) is 85.5 Å². The number of nitrogens with zero attached hydrogens (tertiary/aromatic N) is 2. The lowest BCUT2D eigenvalue weighted by Gasteiger charge is -2.20. The summed E-state index contributed by atoms with van der Waals surface area (Å²) in [6, 6.07) is -0.610. The van der Waals surface area contributed by atoms with Gasteiger partial charge < -0.3 is 25.0 Å². The van der Waals surface area contributed by atoms with Gasteiger partial charge in [0, 0.05) is 14.1 Å². The molecule has 0 bridgehead atoms. The van der Waals surface area contributed by atoms with Gasteiger partial charge in [-0.1, -0.05) is 0 Å². The Morgan fingerprint density at radius 3 is 2.67 bits per heavy atom. The highest BCUT2D eigenvalue weighted by atomic mass is 16.5. The molecule has 1 saturated carbocycles. The Morgan fingerprint density at radius 1 is 1.47 bits per heavy atom. The molecule has 86 valence electrons. The summed E-state index contributed by atoms with van der Waals surface area (Å²) in [6.45, 7) is -0.422. The first-order valence-corrected chi connectivity index (χ1v) is 4.83. The van der Waals surface area contributed by atoms with Gasteiger partial charge in [0.1, 0.15) is 18.2 Å². The summed E-state index contributed by atoms with van der Waals surface area (Å²) in [6.07, 6.45) is -3.93.